The van der Waals surface area contributed by atoms with Gasteiger partial charge in [-0.2, -0.15) is 0 Å². The molecule has 0 bridgehead atoms. The summed E-state index contributed by atoms with van der Waals surface area (Å²) in [5.41, 5.74) is 1.12. The molecule has 82 valence electrons. The third kappa shape index (κ3) is 1.58. The highest BCUT2D eigenvalue weighted by atomic mass is 16.5. The van der Waals surface area contributed by atoms with E-state index >= 15 is 0 Å². The van der Waals surface area contributed by atoms with Gasteiger partial charge in [-0.25, -0.2) is 4.98 Å². The number of oxazole rings is 1. The van der Waals surface area contributed by atoms with Crippen molar-refractivity contribution in [2.75, 3.05) is 26.3 Å². The SMILES string of the molecule is Cc1oc(C2CNC2)nc1C1CCOC1. The second-order valence-electron chi connectivity index (χ2n) is 4.41. The molecule has 3 rings (SSSR count). The van der Waals surface area contributed by atoms with Gasteiger partial charge >= 0.3 is 0 Å². The van der Waals surface area contributed by atoms with Crippen LogP contribution in [-0.2, 0) is 4.74 Å². The molecule has 2 aliphatic heterocycles. The predicted octanol–water partition coefficient (Wildman–Crippen LogP) is 1.17. The number of nitrogens with zero attached hydrogens (tertiary/aromatic N) is 1. The van der Waals surface area contributed by atoms with Gasteiger partial charge in [-0.05, 0) is 13.3 Å². The van der Waals surface area contributed by atoms with Crippen LogP contribution in [0.25, 0.3) is 0 Å². The minimum atomic E-state index is 0.454. The summed E-state index contributed by atoms with van der Waals surface area (Å²) in [6, 6.07) is 0. The van der Waals surface area contributed by atoms with Crippen LogP contribution in [0, 0.1) is 6.92 Å². The van der Waals surface area contributed by atoms with Crippen LogP contribution in [-0.4, -0.2) is 31.3 Å². The smallest absolute Gasteiger partial charge is 0.200 e. The molecule has 0 aromatic carbocycles. The highest BCUT2D eigenvalue weighted by Gasteiger charge is 2.29. The van der Waals surface area contributed by atoms with Gasteiger partial charge in [0.25, 0.3) is 0 Å². The minimum Gasteiger partial charge on any atom is -0.445 e. The van der Waals surface area contributed by atoms with Crippen LogP contribution in [0.1, 0.15) is 35.6 Å². The van der Waals surface area contributed by atoms with Crippen LogP contribution in [0.5, 0.6) is 0 Å². The van der Waals surface area contributed by atoms with Crippen molar-refractivity contribution >= 4 is 0 Å². The Morgan fingerprint density at radius 2 is 2.20 bits per heavy atom. The molecule has 1 unspecified atom stereocenters. The number of nitrogens with one attached hydrogen (secondary N) is 1. The van der Waals surface area contributed by atoms with E-state index in [2.05, 4.69) is 10.3 Å². The Morgan fingerprint density at radius 1 is 1.33 bits per heavy atom. The largest absolute Gasteiger partial charge is 0.445 e. The van der Waals surface area contributed by atoms with Crippen molar-refractivity contribution in [1.82, 2.24) is 10.3 Å². The van der Waals surface area contributed by atoms with Crippen molar-refractivity contribution in [3.05, 3.63) is 17.3 Å². The van der Waals surface area contributed by atoms with E-state index in [-0.39, 0.29) is 0 Å². The molecule has 1 aromatic rings. The second kappa shape index (κ2) is 3.61. The van der Waals surface area contributed by atoms with Gasteiger partial charge in [-0.3, -0.25) is 0 Å². The molecule has 2 saturated heterocycles. The van der Waals surface area contributed by atoms with Gasteiger partial charge < -0.3 is 14.5 Å². The minimum absolute atomic E-state index is 0.454. The van der Waals surface area contributed by atoms with Crippen molar-refractivity contribution < 1.29 is 9.15 Å². The average Bonchev–Trinajstić information content (AvgIpc) is 2.70. The maximum atomic E-state index is 5.72. The van der Waals surface area contributed by atoms with Gasteiger partial charge in [-0.15, -0.1) is 0 Å². The number of rotatable bonds is 2. The fourth-order valence-corrected chi connectivity index (χ4v) is 2.20. The summed E-state index contributed by atoms with van der Waals surface area (Å²) in [7, 11) is 0. The van der Waals surface area contributed by atoms with Crippen molar-refractivity contribution in [2.45, 2.75) is 25.2 Å². The topological polar surface area (TPSA) is 47.3 Å². The summed E-state index contributed by atoms with van der Waals surface area (Å²) in [4.78, 5) is 4.63. The van der Waals surface area contributed by atoms with Crippen molar-refractivity contribution in [2.24, 2.45) is 0 Å². The van der Waals surface area contributed by atoms with Crippen molar-refractivity contribution in [3.8, 4) is 0 Å². The fourth-order valence-electron chi connectivity index (χ4n) is 2.20. The maximum Gasteiger partial charge on any atom is 0.200 e. The number of aryl methyl sites for hydroxylation is 1. The standard InChI is InChI=1S/C11H16N2O2/c1-7-10(8-2-3-14-6-8)13-11(15-7)9-4-12-5-9/h8-9,12H,2-6H2,1H3. The lowest BCUT2D eigenvalue weighted by atomic mass is 10.0. The van der Waals surface area contributed by atoms with E-state index in [9.17, 15) is 0 Å². The lowest BCUT2D eigenvalue weighted by Crippen LogP contribution is -2.40. The molecule has 1 N–H and O–H groups in total. The first kappa shape index (κ1) is 9.36. The van der Waals surface area contributed by atoms with Gasteiger partial charge in [0, 0.05) is 25.6 Å². The van der Waals surface area contributed by atoms with Crippen LogP contribution in [0.4, 0.5) is 0 Å². The highest BCUT2D eigenvalue weighted by molar-refractivity contribution is 5.17. The van der Waals surface area contributed by atoms with Crippen LogP contribution >= 0.6 is 0 Å². The summed E-state index contributed by atoms with van der Waals surface area (Å²) in [6.07, 6.45) is 1.08. The molecule has 2 fully saturated rings. The van der Waals surface area contributed by atoms with Gasteiger partial charge in [-0.1, -0.05) is 0 Å². The molecule has 15 heavy (non-hydrogen) atoms. The molecule has 4 heteroatoms. The molecule has 4 nitrogen and oxygen atoms in total. The van der Waals surface area contributed by atoms with Gasteiger partial charge in [0.15, 0.2) is 5.89 Å². The van der Waals surface area contributed by atoms with E-state index in [0.717, 1.165) is 50.1 Å². The molecule has 1 atom stereocenters. The Balaban J connectivity index is 1.84. The first-order valence-corrected chi connectivity index (χ1v) is 5.60. The third-order valence-electron chi connectivity index (χ3n) is 3.30. The van der Waals surface area contributed by atoms with E-state index in [1.54, 1.807) is 0 Å². The molecule has 0 spiro atoms. The predicted molar refractivity (Wildman–Crippen MR) is 55.0 cm³/mol. The normalized spacial score (nSPS) is 26.9. The molecule has 0 radical (unpaired) electrons. The van der Waals surface area contributed by atoms with E-state index in [1.165, 1.54) is 0 Å². The Hall–Kier alpha value is -0.870. The first-order chi connectivity index (χ1) is 7.34. The van der Waals surface area contributed by atoms with E-state index in [0.29, 0.717) is 11.8 Å². The molecule has 1 aromatic heterocycles. The Bertz CT molecular complexity index is 351. The van der Waals surface area contributed by atoms with Crippen molar-refractivity contribution in [3.63, 3.8) is 0 Å². The summed E-state index contributed by atoms with van der Waals surface area (Å²) in [6.45, 7) is 5.67. The van der Waals surface area contributed by atoms with Crippen LogP contribution in [0.3, 0.4) is 0 Å². The number of ether oxygens (including phenoxy) is 1. The van der Waals surface area contributed by atoms with Crippen LogP contribution < -0.4 is 5.32 Å². The molecule has 0 aliphatic carbocycles. The quantitative estimate of drug-likeness (QED) is 0.792. The molecule has 0 amide bonds. The van der Waals surface area contributed by atoms with Gasteiger partial charge in [0.2, 0.25) is 0 Å². The number of hydrogen-bond donors (Lipinski definition) is 1. The fraction of sp³-hybridized carbons (Fsp3) is 0.727. The highest BCUT2D eigenvalue weighted by Crippen LogP contribution is 2.30. The van der Waals surface area contributed by atoms with Gasteiger partial charge in [0.1, 0.15) is 5.76 Å². The summed E-state index contributed by atoms with van der Waals surface area (Å²) < 4.78 is 11.1. The first-order valence-electron chi connectivity index (χ1n) is 5.60. The zero-order valence-electron chi connectivity index (χ0n) is 8.95. The number of aromatic nitrogens is 1. The van der Waals surface area contributed by atoms with Crippen LogP contribution in [0.2, 0.25) is 0 Å². The lowest BCUT2D eigenvalue weighted by Gasteiger charge is -2.23. The van der Waals surface area contributed by atoms with E-state index < -0.39 is 0 Å². The van der Waals surface area contributed by atoms with Crippen molar-refractivity contribution in [1.29, 1.82) is 0 Å². The average molecular weight is 208 g/mol. The zero-order valence-corrected chi connectivity index (χ0v) is 8.95. The molecule has 3 heterocycles. The summed E-state index contributed by atoms with van der Waals surface area (Å²) >= 11 is 0. The Labute approximate surface area is 89.0 Å². The van der Waals surface area contributed by atoms with Crippen LogP contribution in [0.15, 0.2) is 4.42 Å². The molecule has 0 saturated carbocycles. The zero-order chi connectivity index (χ0) is 10.3. The number of hydrogen-bond acceptors (Lipinski definition) is 4. The second-order valence-corrected chi connectivity index (χ2v) is 4.41. The lowest BCUT2D eigenvalue weighted by molar-refractivity contribution is 0.193. The summed E-state index contributed by atoms with van der Waals surface area (Å²) in [5, 5.41) is 3.23. The molecule has 2 aliphatic rings. The van der Waals surface area contributed by atoms with E-state index in [4.69, 9.17) is 9.15 Å². The Kier molecular flexibility index (Phi) is 2.25. The molecular formula is C11H16N2O2. The maximum absolute atomic E-state index is 5.72. The molecular weight excluding hydrogens is 192 g/mol. The monoisotopic (exact) mass is 208 g/mol. The van der Waals surface area contributed by atoms with E-state index in [1.807, 2.05) is 6.92 Å². The Morgan fingerprint density at radius 3 is 2.80 bits per heavy atom. The summed E-state index contributed by atoms with van der Waals surface area (Å²) in [5.74, 6) is 2.83. The van der Waals surface area contributed by atoms with Gasteiger partial charge in [0.05, 0.1) is 18.2 Å². The third-order valence-corrected chi connectivity index (χ3v) is 3.30.